The largest absolute Gasteiger partial charge is 0.453 e. The van der Waals surface area contributed by atoms with E-state index in [1.807, 2.05) is 43.0 Å². The van der Waals surface area contributed by atoms with Gasteiger partial charge >= 0.3 is 0 Å². The zero-order chi connectivity index (χ0) is 23.1. The van der Waals surface area contributed by atoms with Crippen LogP contribution in [0.3, 0.4) is 0 Å². The molecule has 1 saturated heterocycles. The topological polar surface area (TPSA) is 122 Å². The van der Waals surface area contributed by atoms with E-state index >= 15 is 0 Å². The first-order valence-electron chi connectivity index (χ1n) is 10.6. The van der Waals surface area contributed by atoms with Crippen LogP contribution < -0.4 is 15.5 Å². The van der Waals surface area contributed by atoms with Crippen LogP contribution in [0.5, 0.6) is 0 Å². The summed E-state index contributed by atoms with van der Waals surface area (Å²) in [6.07, 6.45) is 0.367. The van der Waals surface area contributed by atoms with Crippen LogP contribution >= 0.6 is 0 Å². The van der Waals surface area contributed by atoms with Gasteiger partial charge in [-0.25, -0.2) is 0 Å². The maximum Gasteiger partial charge on any atom is 0.291 e. The fourth-order valence-corrected chi connectivity index (χ4v) is 3.60. The van der Waals surface area contributed by atoms with Crippen LogP contribution in [0.2, 0.25) is 0 Å². The number of nitrogens with one attached hydrogen (secondary N) is 2. The second-order valence-electron chi connectivity index (χ2n) is 8.16. The molecule has 2 heterocycles. The van der Waals surface area contributed by atoms with Gasteiger partial charge in [0.25, 0.3) is 5.91 Å². The number of aliphatic hydroxyl groups is 1. The van der Waals surface area contributed by atoms with Crippen LogP contribution in [-0.4, -0.2) is 60.1 Å². The Balaban J connectivity index is 1.52. The summed E-state index contributed by atoms with van der Waals surface area (Å²) in [5, 5.41) is 23.7. The molecule has 2 amide bonds. The highest BCUT2D eigenvalue weighted by molar-refractivity contribution is 6.02. The van der Waals surface area contributed by atoms with Crippen molar-refractivity contribution in [2.45, 2.75) is 32.4 Å². The molecule has 0 aliphatic carbocycles. The highest BCUT2D eigenvalue weighted by Gasteiger charge is 2.33. The second-order valence-corrected chi connectivity index (χ2v) is 8.16. The van der Waals surface area contributed by atoms with Crippen LogP contribution in [0.4, 0.5) is 11.4 Å². The van der Waals surface area contributed by atoms with Crippen LogP contribution in [0.15, 0.2) is 40.8 Å². The molecule has 0 unspecified atom stereocenters. The summed E-state index contributed by atoms with van der Waals surface area (Å²) in [6, 6.07) is 12.7. The molecule has 1 aliphatic heterocycles. The maximum atomic E-state index is 12.8. The number of carbonyl (C=O) groups excluding carboxylic acids is 2. The van der Waals surface area contributed by atoms with Crippen molar-refractivity contribution in [3.05, 3.63) is 47.9 Å². The number of benzene rings is 1. The van der Waals surface area contributed by atoms with E-state index in [4.69, 9.17) is 14.8 Å². The number of hydrogen-bond donors (Lipinski definition) is 3. The molecular formula is C23H29N5O4. The molecule has 0 atom stereocenters. The zero-order valence-electron chi connectivity index (χ0n) is 18.4. The van der Waals surface area contributed by atoms with Crippen LogP contribution in [0.1, 0.15) is 36.6 Å². The van der Waals surface area contributed by atoms with Crippen molar-refractivity contribution in [2.24, 2.45) is 0 Å². The number of rotatable bonds is 8. The minimum Gasteiger partial charge on any atom is -0.453 e. The van der Waals surface area contributed by atoms with Crippen molar-refractivity contribution in [1.82, 2.24) is 10.2 Å². The smallest absolute Gasteiger partial charge is 0.291 e. The highest BCUT2D eigenvalue weighted by Crippen LogP contribution is 2.21. The number of nitrogens with zero attached hydrogens (tertiary/aromatic N) is 3. The Morgan fingerprint density at radius 3 is 2.41 bits per heavy atom. The Morgan fingerprint density at radius 1 is 1.12 bits per heavy atom. The molecular weight excluding hydrogens is 410 g/mol. The summed E-state index contributed by atoms with van der Waals surface area (Å²) in [6.45, 7) is 6.58. The third-order valence-electron chi connectivity index (χ3n) is 5.44. The van der Waals surface area contributed by atoms with Crippen LogP contribution in [0.25, 0.3) is 0 Å². The molecule has 1 aromatic carbocycles. The number of anilines is 2. The molecule has 0 radical (unpaired) electrons. The number of nitriles is 1. The average Bonchev–Trinajstić information content (AvgIpc) is 3.29. The van der Waals surface area contributed by atoms with Crippen LogP contribution in [-0.2, 0) is 11.4 Å². The second kappa shape index (κ2) is 10.3. The van der Waals surface area contributed by atoms with Gasteiger partial charge in [-0.1, -0.05) is 0 Å². The lowest BCUT2D eigenvalue weighted by atomic mass is 10.0. The predicted molar refractivity (Wildman–Crippen MR) is 120 cm³/mol. The van der Waals surface area contributed by atoms with Crippen molar-refractivity contribution >= 4 is 23.2 Å². The predicted octanol–water partition coefficient (Wildman–Crippen LogP) is 1.95. The third kappa shape index (κ3) is 5.66. The molecule has 3 N–H and O–H groups in total. The fraction of sp³-hybridized carbons (Fsp3) is 0.435. The van der Waals surface area contributed by atoms with E-state index in [-0.39, 0.29) is 24.2 Å². The Kier molecular flexibility index (Phi) is 7.51. The summed E-state index contributed by atoms with van der Waals surface area (Å²) < 4.78 is 5.25. The van der Waals surface area contributed by atoms with Crippen molar-refractivity contribution in [3.8, 4) is 6.07 Å². The monoisotopic (exact) mass is 439 g/mol. The molecule has 9 nitrogen and oxygen atoms in total. The van der Waals surface area contributed by atoms with Crippen molar-refractivity contribution in [2.75, 3.05) is 42.9 Å². The van der Waals surface area contributed by atoms with Gasteiger partial charge in [0.05, 0.1) is 11.6 Å². The lowest BCUT2D eigenvalue weighted by Crippen LogP contribution is -2.58. The van der Waals surface area contributed by atoms with E-state index in [0.29, 0.717) is 50.6 Å². The number of amides is 2. The maximum absolute atomic E-state index is 12.8. The van der Waals surface area contributed by atoms with Gasteiger partial charge in [0.2, 0.25) is 5.91 Å². The minimum atomic E-state index is -0.704. The summed E-state index contributed by atoms with van der Waals surface area (Å²) >= 11 is 0. The van der Waals surface area contributed by atoms with Gasteiger partial charge in [0.1, 0.15) is 12.4 Å². The molecule has 170 valence electrons. The van der Waals surface area contributed by atoms with Gasteiger partial charge < -0.3 is 30.0 Å². The number of furan rings is 1. The number of hydrogen-bond acceptors (Lipinski definition) is 7. The van der Waals surface area contributed by atoms with E-state index in [1.54, 1.807) is 6.07 Å². The summed E-state index contributed by atoms with van der Waals surface area (Å²) in [5.41, 5.74) is 0.951. The standard InChI is InChI=1S/C23H29N5O4/c1-23(2,25-11-3-10-24)22(31)28-14-12-27(13-15-28)18-6-4-17(5-7-18)26-21(30)20-9-8-19(16-29)32-20/h4-9,25,29H,3,11-16H2,1-2H3,(H,26,30). The molecule has 32 heavy (non-hydrogen) atoms. The van der Waals surface area contributed by atoms with Gasteiger partial charge in [-0.05, 0) is 50.2 Å². The fourth-order valence-electron chi connectivity index (χ4n) is 3.60. The molecule has 0 saturated carbocycles. The SMILES string of the molecule is CC(C)(NCCC#N)C(=O)N1CCN(c2ccc(NC(=O)c3ccc(CO)o3)cc2)CC1. The lowest BCUT2D eigenvalue weighted by Gasteiger charge is -2.39. The van der Waals surface area contributed by atoms with Crippen molar-refractivity contribution in [3.63, 3.8) is 0 Å². The van der Waals surface area contributed by atoms with Gasteiger partial charge in [0, 0.05) is 50.5 Å². The quantitative estimate of drug-likeness (QED) is 0.538. The first-order chi connectivity index (χ1) is 15.3. The molecule has 1 aliphatic rings. The molecule has 2 aromatic rings. The summed E-state index contributed by atoms with van der Waals surface area (Å²) in [5.74, 6) is 0.138. The molecule has 1 fully saturated rings. The van der Waals surface area contributed by atoms with E-state index < -0.39 is 5.54 Å². The zero-order valence-corrected chi connectivity index (χ0v) is 18.4. The highest BCUT2D eigenvalue weighted by atomic mass is 16.4. The molecule has 0 bridgehead atoms. The lowest BCUT2D eigenvalue weighted by molar-refractivity contribution is -0.137. The Hall–Kier alpha value is -3.35. The molecule has 1 aromatic heterocycles. The minimum absolute atomic E-state index is 0.0374. The number of carbonyl (C=O) groups is 2. The summed E-state index contributed by atoms with van der Waals surface area (Å²) in [4.78, 5) is 29.1. The van der Waals surface area contributed by atoms with E-state index in [9.17, 15) is 9.59 Å². The van der Waals surface area contributed by atoms with Gasteiger partial charge in [-0.15, -0.1) is 0 Å². The molecule has 0 spiro atoms. The summed E-state index contributed by atoms with van der Waals surface area (Å²) in [7, 11) is 0. The van der Waals surface area contributed by atoms with Crippen molar-refractivity contribution < 1.29 is 19.1 Å². The Morgan fingerprint density at radius 2 is 1.81 bits per heavy atom. The van der Waals surface area contributed by atoms with Gasteiger partial charge in [-0.2, -0.15) is 5.26 Å². The first kappa shape index (κ1) is 23.3. The average molecular weight is 440 g/mol. The number of piperazine rings is 1. The van der Waals surface area contributed by atoms with Crippen molar-refractivity contribution in [1.29, 1.82) is 5.26 Å². The Labute approximate surface area is 187 Å². The van der Waals surface area contributed by atoms with E-state index in [1.165, 1.54) is 6.07 Å². The first-order valence-corrected chi connectivity index (χ1v) is 10.6. The molecule has 9 heteroatoms. The van der Waals surface area contributed by atoms with E-state index in [2.05, 4.69) is 21.6 Å². The van der Waals surface area contributed by atoms with E-state index in [0.717, 1.165) is 5.69 Å². The molecule has 3 rings (SSSR count). The third-order valence-corrected chi connectivity index (χ3v) is 5.44. The van der Waals surface area contributed by atoms with Crippen LogP contribution in [0, 0.1) is 11.3 Å². The normalized spacial score (nSPS) is 14.2. The Bertz CT molecular complexity index is 969. The van der Waals surface area contributed by atoms with Gasteiger partial charge in [0.15, 0.2) is 5.76 Å². The van der Waals surface area contributed by atoms with Gasteiger partial charge in [-0.3, -0.25) is 9.59 Å². The number of aliphatic hydroxyl groups excluding tert-OH is 1.